The Morgan fingerprint density at radius 2 is 1.64 bits per heavy atom. The first kappa shape index (κ1) is 11.4. The number of rotatable bonds is 3. The number of allylic oxidation sites excluding steroid dienone is 2. The fourth-order valence-corrected chi connectivity index (χ4v) is 2.03. The van der Waals surface area contributed by atoms with E-state index in [9.17, 15) is 0 Å². The van der Waals surface area contributed by atoms with E-state index in [1.165, 1.54) is 0 Å². The minimum absolute atomic E-state index is 0.226. The number of hydrogen-bond acceptors (Lipinski definition) is 0. The monoisotopic (exact) mass is 192 g/mol. The Morgan fingerprint density at radius 1 is 1.18 bits per heavy atom. The van der Waals surface area contributed by atoms with Crippen LogP contribution in [0, 0.1) is 0 Å². The Hall–Kier alpha value is 0.385. The maximum atomic E-state index is 6.15. The summed E-state index contributed by atoms with van der Waals surface area (Å²) in [5.74, 6) is 0. The Bertz CT molecular complexity index is 145. The summed E-state index contributed by atoms with van der Waals surface area (Å²) in [6.45, 7) is 7.87. The van der Waals surface area contributed by atoms with Gasteiger partial charge in [0.25, 0.3) is 0 Å². The SMILES string of the molecule is CC=CC(C)(Cl)BC(C)(C)Cl. The van der Waals surface area contributed by atoms with Crippen molar-refractivity contribution in [1.29, 1.82) is 0 Å². The van der Waals surface area contributed by atoms with E-state index in [0.717, 1.165) is 7.28 Å². The Morgan fingerprint density at radius 3 is 1.91 bits per heavy atom. The molecular formula is C8H15BCl2. The van der Waals surface area contributed by atoms with Gasteiger partial charge in [0, 0.05) is 9.55 Å². The van der Waals surface area contributed by atoms with E-state index in [1.54, 1.807) is 0 Å². The highest BCUT2D eigenvalue weighted by Crippen LogP contribution is 2.23. The van der Waals surface area contributed by atoms with Gasteiger partial charge in [-0.1, -0.05) is 26.0 Å². The molecule has 0 spiro atoms. The molecule has 0 heterocycles. The van der Waals surface area contributed by atoms with Gasteiger partial charge in [0.1, 0.15) is 0 Å². The smallest absolute Gasteiger partial charge is 0.129 e. The highest BCUT2D eigenvalue weighted by atomic mass is 35.5. The average Bonchev–Trinajstić information content (AvgIpc) is 1.55. The lowest BCUT2D eigenvalue weighted by molar-refractivity contribution is 0.926. The summed E-state index contributed by atoms with van der Waals surface area (Å²) in [4.78, 5) is 0. The van der Waals surface area contributed by atoms with Crippen molar-refractivity contribution in [2.75, 3.05) is 0 Å². The average molecular weight is 193 g/mol. The molecule has 0 aliphatic carbocycles. The van der Waals surface area contributed by atoms with Crippen LogP contribution in [0.5, 0.6) is 0 Å². The van der Waals surface area contributed by atoms with Gasteiger partial charge in [-0.05, 0) is 13.8 Å². The molecule has 3 heteroatoms. The molecule has 1 unspecified atom stereocenters. The molecule has 64 valence electrons. The summed E-state index contributed by atoms with van der Waals surface area (Å²) in [5, 5.41) is 0. The molecule has 0 radical (unpaired) electrons. The predicted octanol–water partition coefficient (Wildman–Crippen LogP) is 2.93. The van der Waals surface area contributed by atoms with Crippen molar-refractivity contribution in [3.63, 3.8) is 0 Å². The maximum absolute atomic E-state index is 6.15. The van der Waals surface area contributed by atoms with Gasteiger partial charge in [-0.3, -0.25) is 0 Å². The summed E-state index contributed by atoms with van der Waals surface area (Å²) >= 11 is 12.2. The number of alkyl halides is 2. The second kappa shape index (κ2) is 3.86. The number of hydrogen-bond donors (Lipinski definition) is 0. The molecule has 1 atom stereocenters. The molecule has 0 aromatic carbocycles. The second-order valence-corrected chi connectivity index (χ2v) is 5.56. The molecule has 11 heavy (non-hydrogen) atoms. The normalized spacial score (nSPS) is 18.4. The minimum atomic E-state index is -0.306. The maximum Gasteiger partial charge on any atom is 0.177 e. The van der Waals surface area contributed by atoms with Crippen LogP contribution in [0.25, 0.3) is 0 Å². The molecule has 0 rings (SSSR count). The van der Waals surface area contributed by atoms with Gasteiger partial charge >= 0.3 is 0 Å². The van der Waals surface area contributed by atoms with Crippen molar-refractivity contribution in [3.05, 3.63) is 12.2 Å². The molecule has 0 saturated heterocycles. The van der Waals surface area contributed by atoms with Crippen molar-refractivity contribution in [2.24, 2.45) is 0 Å². The first-order chi connectivity index (χ1) is 4.77. The molecule has 0 N–H and O–H groups in total. The van der Waals surface area contributed by atoms with E-state index in [-0.39, 0.29) is 9.55 Å². The Balaban J connectivity index is 4.13. The third-order valence-corrected chi connectivity index (χ3v) is 1.67. The standard InChI is InChI=1S/C8H15BCl2/c1-5-6-8(4,11)9-7(2,3)10/h5-6,9H,1-4H3. The van der Waals surface area contributed by atoms with E-state index in [2.05, 4.69) is 0 Å². The van der Waals surface area contributed by atoms with Crippen LogP contribution in [0.2, 0.25) is 0 Å². The summed E-state index contributed by atoms with van der Waals surface area (Å²) < 4.78 is -0.532. The summed E-state index contributed by atoms with van der Waals surface area (Å²) in [7, 11) is 0.771. The summed E-state index contributed by atoms with van der Waals surface area (Å²) in [6, 6.07) is 0. The van der Waals surface area contributed by atoms with Crippen molar-refractivity contribution >= 4 is 30.5 Å². The van der Waals surface area contributed by atoms with Gasteiger partial charge in [-0.25, -0.2) is 0 Å². The fraction of sp³-hybridized carbons (Fsp3) is 0.750. The van der Waals surface area contributed by atoms with Crippen molar-refractivity contribution < 1.29 is 0 Å². The van der Waals surface area contributed by atoms with Crippen LogP contribution in [0.1, 0.15) is 27.7 Å². The van der Waals surface area contributed by atoms with Crippen molar-refractivity contribution in [3.8, 4) is 0 Å². The molecule has 0 bridgehead atoms. The topological polar surface area (TPSA) is 0 Å². The third kappa shape index (κ3) is 6.77. The van der Waals surface area contributed by atoms with Gasteiger partial charge in [0.05, 0.1) is 0 Å². The molecule has 0 fully saturated rings. The van der Waals surface area contributed by atoms with E-state index < -0.39 is 0 Å². The second-order valence-electron chi connectivity index (χ2n) is 3.67. The van der Waals surface area contributed by atoms with Crippen LogP contribution in [0.4, 0.5) is 0 Å². The van der Waals surface area contributed by atoms with Gasteiger partial charge in [0.15, 0.2) is 7.28 Å². The van der Waals surface area contributed by atoms with Crippen LogP contribution in [-0.2, 0) is 0 Å². The first-order valence-electron chi connectivity index (χ1n) is 3.78. The van der Waals surface area contributed by atoms with Gasteiger partial charge < -0.3 is 0 Å². The van der Waals surface area contributed by atoms with Crippen molar-refractivity contribution in [2.45, 2.75) is 37.2 Å². The zero-order chi connectivity index (χ0) is 9.12. The molecule has 0 aromatic rings. The molecule has 0 aromatic heterocycles. The van der Waals surface area contributed by atoms with Gasteiger partial charge in [0.2, 0.25) is 0 Å². The van der Waals surface area contributed by atoms with Crippen LogP contribution in [0.15, 0.2) is 12.2 Å². The highest BCUT2D eigenvalue weighted by Gasteiger charge is 2.28. The first-order valence-corrected chi connectivity index (χ1v) is 4.54. The lowest BCUT2D eigenvalue weighted by atomic mass is 9.55. The van der Waals surface area contributed by atoms with Crippen molar-refractivity contribution in [1.82, 2.24) is 0 Å². The quantitative estimate of drug-likeness (QED) is 0.367. The summed E-state index contributed by atoms with van der Waals surface area (Å²) in [5.41, 5.74) is 0. The third-order valence-electron chi connectivity index (χ3n) is 1.28. The molecule has 0 aliphatic rings. The van der Waals surface area contributed by atoms with Crippen LogP contribution >= 0.6 is 23.2 Å². The zero-order valence-electron chi connectivity index (χ0n) is 7.62. The molecule has 0 amide bonds. The Labute approximate surface area is 80.2 Å². The van der Waals surface area contributed by atoms with E-state index in [0.29, 0.717) is 0 Å². The lowest BCUT2D eigenvalue weighted by Crippen LogP contribution is -2.36. The largest absolute Gasteiger partial charge is 0.177 e. The molecule has 0 nitrogen and oxygen atoms in total. The van der Waals surface area contributed by atoms with Crippen LogP contribution in [0.3, 0.4) is 0 Å². The molecule has 0 aliphatic heterocycles. The number of halogens is 2. The van der Waals surface area contributed by atoms with E-state index >= 15 is 0 Å². The van der Waals surface area contributed by atoms with E-state index in [1.807, 2.05) is 39.8 Å². The highest BCUT2D eigenvalue weighted by molar-refractivity contribution is 6.67. The van der Waals surface area contributed by atoms with Gasteiger partial charge in [-0.2, -0.15) is 0 Å². The Kier molecular flexibility index (Phi) is 4.00. The molecular weight excluding hydrogens is 178 g/mol. The zero-order valence-corrected chi connectivity index (χ0v) is 9.13. The lowest BCUT2D eigenvalue weighted by Gasteiger charge is -2.23. The van der Waals surface area contributed by atoms with E-state index in [4.69, 9.17) is 23.2 Å². The van der Waals surface area contributed by atoms with Crippen LogP contribution in [-0.4, -0.2) is 16.8 Å². The molecule has 0 saturated carbocycles. The minimum Gasteiger partial charge on any atom is -0.129 e. The fourth-order valence-electron chi connectivity index (χ4n) is 1.23. The van der Waals surface area contributed by atoms with Crippen LogP contribution < -0.4 is 0 Å². The summed E-state index contributed by atoms with van der Waals surface area (Å²) in [6.07, 6.45) is 3.92. The van der Waals surface area contributed by atoms with Gasteiger partial charge in [-0.15, -0.1) is 23.2 Å². The predicted molar refractivity (Wildman–Crippen MR) is 56.2 cm³/mol.